The Balaban J connectivity index is 2.36. The van der Waals surface area contributed by atoms with Crippen LogP contribution in [0.15, 0.2) is 18.3 Å². The van der Waals surface area contributed by atoms with E-state index in [2.05, 4.69) is 35.5 Å². The third-order valence-electron chi connectivity index (χ3n) is 2.21. The van der Waals surface area contributed by atoms with Crippen molar-refractivity contribution in [3.05, 3.63) is 23.9 Å². The second-order valence-electron chi connectivity index (χ2n) is 3.06. The van der Waals surface area contributed by atoms with Crippen LogP contribution in [0.25, 0.3) is 0 Å². The molecule has 0 saturated heterocycles. The number of thiol groups is 1. The van der Waals surface area contributed by atoms with Gasteiger partial charge in [-0.1, -0.05) is 6.07 Å². The number of anilines is 1. The summed E-state index contributed by atoms with van der Waals surface area (Å²) in [6, 6.07) is 4.13. The number of nitrogens with zero attached hydrogens (tertiary/aromatic N) is 2. The van der Waals surface area contributed by atoms with Gasteiger partial charge in [-0.05, 0) is 25.0 Å². The SMILES string of the molecule is CC(S)N1CCc2cccnc21. The van der Waals surface area contributed by atoms with E-state index in [1.807, 2.05) is 12.3 Å². The molecule has 0 bridgehead atoms. The zero-order valence-electron chi connectivity index (χ0n) is 7.07. The second-order valence-corrected chi connectivity index (χ2v) is 3.81. The molecule has 0 aliphatic carbocycles. The number of pyridine rings is 1. The van der Waals surface area contributed by atoms with Gasteiger partial charge in [-0.2, -0.15) is 12.6 Å². The van der Waals surface area contributed by atoms with Crippen LogP contribution in [0, 0.1) is 0 Å². The molecule has 0 N–H and O–H groups in total. The van der Waals surface area contributed by atoms with Crippen molar-refractivity contribution in [2.45, 2.75) is 18.7 Å². The molecule has 0 spiro atoms. The van der Waals surface area contributed by atoms with Gasteiger partial charge in [0.15, 0.2) is 0 Å². The van der Waals surface area contributed by atoms with Gasteiger partial charge in [0.1, 0.15) is 5.82 Å². The quantitative estimate of drug-likeness (QED) is 0.662. The van der Waals surface area contributed by atoms with Crippen LogP contribution in [0.4, 0.5) is 5.82 Å². The van der Waals surface area contributed by atoms with Crippen LogP contribution >= 0.6 is 12.6 Å². The van der Waals surface area contributed by atoms with Gasteiger partial charge in [0.25, 0.3) is 0 Å². The summed E-state index contributed by atoms with van der Waals surface area (Å²) in [7, 11) is 0. The second kappa shape index (κ2) is 2.98. The first-order chi connectivity index (χ1) is 5.79. The first-order valence-corrected chi connectivity index (χ1v) is 4.69. The molecule has 0 aromatic carbocycles. The molecule has 64 valence electrons. The molecule has 0 amide bonds. The van der Waals surface area contributed by atoms with Gasteiger partial charge in [0.05, 0.1) is 5.37 Å². The van der Waals surface area contributed by atoms with E-state index in [9.17, 15) is 0 Å². The molecule has 1 aromatic heterocycles. The fraction of sp³-hybridized carbons (Fsp3) is 0.444. The molecule has 3 heteroatoms. The molecule has 0 fully saturated rings. The molecular formula is C9H12N2S. The predicted octanol–water partition coefficient (Wildman–Crippen LogP) is 1.72. The van der Waals surface area contributed by atoms with Crippen LogP contribution in [-0.2, 0) is 6.42 Å². The number of fused-ring (bicyclic) bond motifs is 1. The summed E-state index contributed by atoms with van der Waals surface area (Å²) < 4.78 is 0. The van der Waals surface area contributed by atoms with Gasteiger partial charge >= 0.3 is 0 Å². The minimum atomic E-state index is 0.265. The Morgan fingerprint density at radius 3 is 3.25 bits per heavy atom. The molecule has 2 heterocycles. The highest BCUT2D eigenvalue weighted by Gasteiger charge is 2.21. The molecule has 1 unspecified atom stereocenters. The molecule has 12 heavy (non-hydrogen) atoms. The van der Waals surface area contributed by atoms with Crippen molar-refractivity contribution >= 4 is 18.4 Å². The monoisotopic (exact) mass is 180 g/mol. The van der Waals surface area contributed by atoms with E-state index >= 15 is 0 Å². The minimum absolute atomic E-state index is 0.265. The normalized spacial score (nSPS) is 17.7. The van der Waals surface area contributed by atoms with Crippen molar-refractivity contribution in [1.82, 2.24) is 4.98 Å². The van der Waals surface area contributed by atoms with Crippen LogP contribution in [0.5, 0.6) is 0 Å². The molecule has 1 aliphatic heterocycles. The summed E-state index contributed by atoms with van der Waals surface area (Å²) in [5.41, 5.74) is 1.35. The maximum absolute atomic E-state index is 4.40. The maximum atomic E-state index is 4.40. The highest BCUT2D eigenvalue weighted by atomic mass is 32.1. The topological polar surface area (TPSA) is 16.1 Å². The largest absolute Gasteiger partial charge is 0.345 e. The van der Waals surface area contributed by atoms with Crippen molar-refractivity contribution in [3.63, 3.8) is 0 Å². The Bertz CT molecular complexity index is 286. The van der Waals surface area contributed by atoms with Crippen molar-refractivity contribution in [3.8, 4) is 0 Å². The standard InChI is InChI=1S/C9H12N2S/c1-7(12)11-6-4-8-3-2-5-10-9(8)11/h2-3,5,7,12H,4,6H2,1H3. The summed E-state index contributed by atoms with van der Waals surface area (Å²) in [4.78, 5) is 6.56. The average Bonchev–Trinajstić information content (AvgIpc) is 2.47. The van der Waals surface area contributed by atoms with Gasteiger partial charge in [-0.25, -0.2) is 4.98 Å². The van der Waals surface area contributed by atoms with E-state index < -0.39 is 0 Å². The van der Waals surface area contributed by atoms with Crippen molar-refractivity contribution < 1.29 is 0 Å². The first-order valence-electron chi connectivity index (χ1n) is 4.17. The van der Waals surface area contributed by atoms with E-state index in [0.29, 0.717) is 0 Å². The Morgan fingerprint density at radius 1 is 1.67 bits per heavy atom. The lowest BCUT2D eigenvalue weighted by atomic mass is 10.2. The minimum Gasteiger partial charge on any atom is -0.345 e. The lowest BCUT2D eigenvalue weighted by molar-refractivity contribution is 0.821. The molecule has 0 saturated carbocycles. The van der Waals surface area contributed by atoms with Crippen LogP contribution in [0.3, 0.4) is 0 Å². The van der Waals surface area contributed by atoms with Crippen molar-refractivity contribution in [1.29, 1.82) is 0 Å². The lowest BCUT2D eigenvalue weighted by Crippen LogP contribution is -2.27. The Labute approximate surface area is 78.0 Å². The fourth-order valence-corrected chi connectivity index (χ4v) is 1.82. The first kappa shape index (κ1) is 7.92. The van der Waals surface area contributed by atoms with E-state index in [-0.39, 0.29) is 5.37 Å². The molecular weight excluding hydrogens is 168 g/mol. The van der Waals surface area contributed by atoms with Gasteiger partial charge in [0.2, 0.25) is 0 Å². The van der Waals surface area contributed by atoms with E-state index in [1.54, 1.807) is 0 Å². The summed E-state index contributed by atoms with van der Waals surface area (Å²) in [5.74, 6) is 1.11. The third kappa shape index (κ3) is 1.18. The van der Waals surface area contributed by atoms with Crippen molar-refractivity contribution in [2.24, 2.45) is 0 Å². The smallest absolute Gasteiger partial charge is 0.132 e. The van der Waals surface area contributed by atoms with Gasteiger partial charge in [0, 0.05) is 12.7 Å². The molecule has 1 atom stereocenters. The zero-order chi connectivity index (χ0) is 8.55. The van der Waals surface area contributed by atoms with Crippen molar-refractivity contribution in [2.75, 3.05) is 11.4 Å². The highest BCUT2D eigenvalue weighted by Crippen LogP contribution is 2.27. The number of rotatable bonds is 1. The van der Waals surface area contributed by atoms with E-state index in [1.165, 1.54) is 5.56 Å². The zero-order valence-corrected chi connectivity index (χ0v) is 7.96. The molecule has 2 rings (SSSR count). The fourth-order valence-electron chi connectivity index (χ4n) is 1.59. The lowest BCUT2D eigenvalue weighted by Gasteiger charge is -2.21. The third-order valence-corrected chi connectivity index (χ3v) is 2.49. The van der Waals surface area contributed by atoms with Gasteiger partial charge in [-0.15, -0.1) is 0 Å². The van der Waals surface area contributed by atoms with E-state index in [0.717, 1.165) is 18.8 Å². The Hall–Kier alpha value is -0.700. The number of hydrogen-bond donors (Lipinski definition) is 1. The van der Waals surface area contributed by atoms with Crippen LogP contribution in [0.1, 0.15) is 12.5 Å². The molecule has 0 radical (unpaired) electrons. The summed E-state index contributed by atoms with van der Waals surface area (Å²) in [6.07, 6.45) is 2.95. The maximum Gasteiger partial charge on any atom is 0.132 e. The van der Waals surface area contributed by atoms with Crippen LogP contribution in [-0.4, -0.2) is 16.9 Å². The van der Waals surface area contributed by atoms with E-state index in [4.69, 9.17) is 0 Å². The number of hydrogen-bond acceptors (Lipinski definition) is 3. The Kier molecular flexibility index (Phi) is 1.97. The summed E-state index contributed by atoms with van der Waals surface area (Å²) in [5, 5.41) is 0.265. The van der Waals surface area contributed by atoms with Gasteiger partial charge < -0.3 is 4.90 Å². The van der Waals surface area contributed by atoms with Gasteiger partial charge in [-0.3, -0.25) is 0 Å². The molecule has 2 nitrogen and oxygen atoms in total. The number of aromatic nitrogens is 1. The highest BCUT2D eigenvalue weighted by molar-refractivity contribution is 7.81. The van der Waals surface area contributed by atoms with Crippen LogP contribution < -0.4 is 4.90 Å². The summed E-state index contributed by atoms with van der Waals surface area (Å²) >= 11 is 4.40. The van der Waals surface area contributed by atoms with Crippen LogP contribution in [0.2, 0.25) is 0 Å². The summed E-state index contributed by atoms with van der Waals surface area (Å²) in [6.45, 7) is 3.13. The molecule has 1 aliphatic rings. The predicted molar refractivity (Wildman–Crippen MR) is 53.7 cm³/mol. The Morgan fingerprint density at radius 2 is 2.50 bits per heavy atom. The molecule has 1 aromatic rings. The average molecular weight is 180 g/mol.